The maximum atomic E-state index is 11.2. The monoisotopic (exact) mass is 623 g/mol. The van der Waals surface area contributed by atoms with Crippen LogP contribution in [0, 0.1) is 6.92 Å². The van der Waals surface area contributed by atoms with E-state index in [2.05, 4.69) is 68.8 Å². The summed E-state index contributed by atoms with van der Waals surface area (Å²) in [5.74, 6) is 1.34. The van der Waals surface area contributed by atoms with Crippen LogP contribution < -0.4 is 30.7 Å². The Morgan fingerprint density at radius 2 is 1.80 bits per heavy atom. The lowest BCUT2D eigenvalue weighted by atomic mass is 10.0. The molecule has 4 N–H and O–H groups in total. The van der Waals surface area contributed by atoms with E-state index in [-0.39, 0.29) is 13.0 Å². The lowest BCUT2D eigenvalue weighted by Gasteiger charge is -2.35. The largest absolute Gasteiger partial charge is 0.495 e. The van der Waals surface area contributed by atoms with E-state index in [1.165, 1.54) is 25.6 Å². The summed E-state index contributed by atoms with van der Waals surface area (Å²) in [5, 5.41) is 6.89. The van der Waals surface area contributed by atoms with Gasteiger partial charge in [-0.1, -0.05) is 30.3 Å². The number of anilines is 3. The normalized spacial score (nSPS) is 14.2. The van der Waals surface area contributed by atoms with Gasteiger partial charge in [-0.05, 0) is 63.2 Å². The fraction of sp³-hybridized carbons (Fsp3) is 0.375. The van der Waals surface area contributed by atoms with E-state index in [1.54, 1.807) is 24.5 Å². The minimum absolute atomic E-state index is 0.139. The molecule has 44 heavy (non-hydrogen) atoms. The minimum Gasteiger partial charge on any atom is -0.495 e. The highest BCUT2D eigenvalue weighted by molar-refractivity contribution is 6.33. The number of aldehydes is 1. The molecule has 2 fully saturated rings. The van der Waals surface area contributed by atoms with E-state index < -0.39 is 0 Å². The third-order valence-electron chi connectivity index (χ3n) is 7.27. The number of halogens is 1. The average molecular weight is 624 g/mol. The van der Waals surface area contributed by atoms with E-state index in [0.717, 1.165) is 55.3 Å². The second kappa shape index (κ2) is 17.2. The molecule has 2 heterocycles. The molecule has 1 saturated carbocycles. The van der Waals surface area contributed by atoms with Gasteiger partial charge in [-0.3, -0.25) is 9.59 Å². The quantitative estimate of drug-likeness (QED) is 0.278. The Hall–Kier alpha value is -4.19. The van der Waals surface area contributed by atoms with Gasteiger partial charge in [0, 0.05) is 49.0 Å². The maximum Gasteiger partial charge on any atom is 0.227 e. The van der Waals surface area contributed by atoms with Crippen molar-refractivity contribution < 1.29 is 19.1 Å². The molecule has 0 atom stereocenters. The minimum atomic E-state index is 0.139. The number of piperazine rings is 1. The third-order valence-corrected chi connectivity index (χ3v) is 7.70. The standard InChI is InChI=1S/C27H30ClN5O3.C4H9N.CH3NO/c1-5-20-6-7-23(33-10-8-32(3)9-11-33)18(2)26(20)31-27-29-14-22(15-30-27)36-17-21-12-19(16-34)13-24(35-4)25(21)28;1-5-4-2-3-4;2-1-3/h5-7,12-16H,1,8-11,17H2,2-4H3,(H,29,30,31);4-5H,2-3H2,1H3;1H,(H2,2,3). The number of amides is 1. The number of likely N-dealkylation sites (N-methyl/N-ethyl adjacent to an activating group) is 1. The topological polar surface area (TPSA) is 135 Å². The van der Waals surface area contributed by atoms with Gasteiger partial charge < -0.3 is 35.6 Å². The Bertz CT molecular complexity index is 1390. The SMILES string of the molecule is C=Cc1ccc(N2CCN(C)CC2)c(C)c1Nc1ncc(OCc2cc(C=O)cc(OC)c2Cl)cn1.CNC1CC1.NC=O. The highest BCUT2D eigenvalue weighted by Gasteiger charge is 2.19. The van der Waals surface area contributed by atoms with E-state index >= 15 is 0 Å². The lowest BCUT2D eigenvalue weighted by Crippen LogP contribution is -2.44. The molecule has 2 aliphatic rings. The van der Waals surface area contributed by atoms with Gasteiger partial charge in [0.25, 0.3) is 0 Å². The van der Waals surface area contributed by atoms with Gasteiger partial charge in [0.05, 0.1) is 30.2 Å². The number of aromatic nitrogens is 2. The molecule has 1 saturated heterocycles. The second-order valence-corrected chi connectivity index (χ2v) is 10.7. The van der Waals surface area contributed by atoms with Crippen molar-refractivity contribution in [2.75, 3.05) is 57.6 Å². The molecule has 0 radical (unpaired) electrons. The summed E-state index contributed by atoms with van der Waals surface area (Å²) in [5.41, 5.74) is 9.48. The van der Waals surface area contributed by atoms with Crippen LogP contribution in [0.15, 0.2) is 43.2 Å². The van der Waals surface area contributed by atoms with E-state index in [4.69, 9.17) is 25.9 Å². The van der Waals surface area contributed by atoms with E-state index in [1.807, 2.05) is 13.1 Å². The zero-order valence-electron chi connectivity index (χ0n) is 25.8. The van der Waals surface area contributed by atoms with Gasteiger partial charge in [-0.15, -0.1) is 0 Å². The number of methoxy groups -OCH3 is 1. The van der Waals surface area contributed by atoms with Crippen molar-refractivity contribution in [1.82, 2.24) is 20.2 Å². The fourth-order valence-electron chi connectivity index (χ4n) is 4.55. The number of ether oxygens (including phenoxy) is 2. The molecule has 1 aromatic heterocycles. The van der Waals surface area contributed by atoms with Crippen molar-refractivity contribution >= 4 is 47.7 Å². The molecule has 0 unspecified atom stereocenters. The smallest absolute Gasteiger partial charge is 0.227 e. The number of primary amides is 1. The maximum absolute atomic E-state index is 11.2. The van der Waals surface area contributed by atoms with Gasteiger partial charge in [-0.2, -0.15) is 0 Å². The van der Waals surface area contributed by atoms with Crippen LogP contribution >= 0.6 is 11.6 Å². The Morgan fingerprint density at radius 1 is 1.14 bits per heavy atom. The van der Waals surface area contributed by atoms with E-state index in [0.29, 0.717) is 33.6 Å². The number of hydrogen-bond donors (Lipinski definition) is 3. The number of nitrogens with one attached hydrogen (secondary N) is 2. The predicted octanol–water partition coefficient (Wildman–Crippen LogP) is 4.45. The van der Waals surface area contributed by atoms with Crippen molar-refractivity contribution in [2.45, 2.75) is 32.4 Å². The molecule has 1 amide bonds. The molecule has 0 bridgehead atoms. The summed E-state index contributed by atoms with van der Waals surface area (Å²) in [6, 6.07) is 8.36. The van der Waals surface area contributed by atoms with Crippen LogP contribution in [0.1, 0.15) is 39.9 Å². The van der Waals surface area contributed by atoms with Gasteiger partial charge >= 0.3 is 0 Å². The fourth-order valence-corrected chi connectivity index (χ4v) is 4.79. The molecule has 5 rings (SSSR count). The number of benzene rings is 2. The summed E-state index contributed by atoms with van der Waals surface area (Å²) in [7, 11) is 5.66. The van der Waals surface area contributed by atoms with E-state index in [9.17, 15) is 4.79 Å². The number of carbonyl (C=O) groups is 2. The van der Waals surface area contributed by atoms with Crippen LogP contribution in [0.25, 0.3) is 6.08 Å². The summed E-state index contributed by atoms with van der Waals surface area (Å²) < 4.78 is 11.1. The van der Waals surface area contributed by atoms with Crippen LogP contribution in [-0.4, -0.2) is 81.0 Å². The third kappa shape index (κ3) is 9.66. The molecule has 236 valence electrons. The van der Waals surface area contributed by atoms with Crippen LogP contribution in [0.5, 0.6) is 11.5 Å². The summed E-state index contributed by atoms with van der Waals surface area (Å²) in [6.45, 7) is 10.2. The number of carbonyl (C=O) groups excluding carboxylic acids is 2. The van der Waals surface area contributed by atoms with Crippen LogP contribution in [0.4, 0.5) is 17.3 Å². The summed E-state index contributed by atoms with van der Waals surface area (Å²) >= 11 is 6.36. The van der Waals surface area contributed by atoms with Gasteiger partial charge in [-0.25, -0.2) is 9.97 Å². The Labute approximate surface area is 264 Å². The Kier molecular flexibility index (Phi) is 13.4. The highest BCUT2D eigenvalue weighted by atomic mass is 35.5. The Morgan fingerprint density at radius 3 is 2.32 bits per heavy atom. The van der Waals surface area contributed by atoms with Crippen LogP contribution in [0.3, 0.4) is 0 Å². The summed E-state index contributed by atoms with van der Waals surface area (Å²) in [6.07, 6.45) is 8.80. The second-order valence-electron chi connectivity index (χ2n) is 10.3. The van der Waals surface area contributed by atoms with Gasteiger partial charge in [0.2, 0.25) is 12.4 Å². The molecular weight excluding hydrogens is 582 g/mol. The first-order valence-corrected chi connectivity index (χ1v) is 14.7. The van der Waals surface area contributed by atoms with Gasteiger partial charge in [0.15, 0.2) is 5.75 Å². The first-order valence-electron chi connectivity index (χ1n) is 14.3. The number of nitrogens with zero attached hydrogens (tertiary/aromatic N) is 4. The molecule has 12 heteroatoms. The van der Waals surface area contributed by atoms with Crippen molar-refractivity contribution in [2.24, 2.45) is 5.73 Å². The van der Waals surface area contributed by atoms with Crippen LogP contribution in [0.2, 0.25) is 5.02 Å². The van der Waals surface area contributed by atoms with Crippen molar-refractivity contribution in [3.8, 4) is 11.5 Å². The summed E-state index contributed by atoms with van der Waals surface area (Å²) in [4.78, 5) is 33.4. The number of hydrogen-bond acceptors (Lipinski definition) is 10. The van der Waals surface area contributed by atoms with Crippen molar-refractivity contribution in [3.05, 3.63) is 70.5 Å². The lowest BCUT2D eigenvalue weighted by molar-refractivity contribution is -0.106. The molecule has 11 nitrogen and oxygen atoms in total. The van der Waals surface area contributed by atoms with Crippen LogP contribution in [-0.2, 0) is 11.4 Å². The Balaban J connectivity index is 0.000000581. The molecule has 1 aliphatic heterocycles. The zero-order chi connectivity index (χ0) is 32.1. The molecule has 3 aromatic rings. The zero-order valence-corrected chi connectivity index (χ0v) is 26.6. The molecule has 2 aromatic carbocycles. The first-order chi connectivity index (χ1) is 21.3. The average Bonchev–Trinajstić information content (AvgIpc) is 3.88. The highest BCUT2D eigenvalue weighted by Crippen LogP contribution is 2.34. The van der Waals surface area contributed by atoms with Crippen molar-refractivity contribution in [3.63, 3.8) is 0 Å². The number of nitrogens with two attached hydrogens (primary N) is 1. The van der Waals surface area contributed by atoms with Gasteiger partial charge in [0.1, 0.15) is 18.6 Å². The number of rotatable bonds is 10. The molecule has 1 aliphatic carbocycles. The molecular formula is C32H42ClN7O4. The van der Waals surface area contributed by atoms with Crippen molar-refractivity contribution in [1.29, 1.82) is 0 Å². The molecule has 0 spiro atoms. The first kappa shape index (κ1) is 34.3. The predicted molar refractivity (Wildman–Crippen MR) is 176 cm³/mol.